The molecule has 2 rings (SSSR count). The summed E-state index contributed by atoms with van der Waals surface area (Å²) in [5, 5.41) is 11.1. The normalized spacial score (nSPS) is 19.2. The van der Waals surface area contributed by atoms with Crippen LogP contribution in [0.25, 0.3) is 0 Å². The Bertz CT molecular complexity index is 593. The van der Waals surface area contributed by atoms with Crippen molar-refractivity contribution in [3.05, 3.63) is 28.3 Å². The van der Waals surface area contributed by atoms with Crippen LogP contribution in [0.3, 0.4) is 0 Å². The maximum Gasteiger partial charge on any atom is 0.498 e. The Hall–Kier alpha value is -1.74. The number of hydrogen-bond acceptors (Lipinski definition) is 5. The molecular formula is C14H18BF2NO5. The van der Waals surface area contributed by atoms with Crippen molar-refractivity contribution < 1.29 is 27.7 Å². The Kier molecular flexibility index (Phi) is 4.63. The van der Waals surface area contributed by atoms with Gasteiger partial charge in [-0.25, -0.2) is 8.78 Å². The molecule has 0 radical (unpaired) electrons. The van der Waals surface area contributed by atoms with Gasteiger partial charge in [0.05, 0.1) is 16.1 Å². The van der Waals surface area contributed by atoms with Crippen molar-refractivity contribution in [1.82, 2.24) is 0 Å². The van der Waals surface area contributed by atoms with Crippen molar-refractivity contribution in [3.8, 4) is 5.75 Å². The van der Waals surface area contributed by atoms with Crippen LogP contribution in [0, 0.1) is 10.1 Å². The van der Waals surface area contributed by atoms with Gasteiger partial charge in [-0.05, 0) is 27.7 Å². The lowest BCUT2D eigenvalue weighted by Gasteiger charge is -2.32. The summed E-state index contributed by atoms with van der Waals surface area (Å²) in [6.07, 6.45) is -2.75. The average Bonchev–Trinajstić information content (AvgIpc) is 2.64. The molecule has 1 aromatic rings. The van der Waals surface area contributed by atoms with Crippen molar-refractivity contribution >= 4 is 18.3 Å². The van der Waals surface area contributed by atoms with Crippen LogP contribution in [-0.2, 0) is 9.31 Å². The predicted molar refractivity (Wildman–Crippen MR) is 80.3 cm³/mol. The molecule has 0 bridgehead atoms. The molecule has 0 N–H and O–H groups in total. The number of hydrogen-bond donors (Lipinski definition) is 0. The van der Waals surface area contributed by atoms with Crippen LogP contribution in [0.4, 0.5) is 14.5 Å². The number of benzene rings is 1. The van der Waals surface area contributed by atoms with E-state index < -0.39 is 42.0 Å². The number of alkyl halides is 2. The van der Waals surface area contributed by atoms with Gasteiger partial charge in [0.25, 0.3) is 6.43 Å². The number of rotatable bonds is 5. The highest BCUT2D eigenvalue weighted by Gasteiger charge is 2.53. The van der Waals surface area contributed by atoms with E-state index in [1.165, 1.54) is 18.2 Å². The van der Waals surface area contributed by atoms with E-state index in [1.54, 1.807) is 0 Å². The topological polar surface area (TPSA) is 70.8 Å². The molecule has 0 amide bonds. The van der Waals surface area contributed by atoms with Gasteiger partial charge in [0.2, 0.25) is 0 Å². The first-order chi connectivity index (χ1) is 10.5. The van der Waals surface area contributed by atoms with Gasteiger partial charge in [-0.2, -0.15) is 0 Å². The minimum Gasteiger partial charge on any atom is -0.481 e. The minimum atomic E-state index is -2.75. The number of para-hydroxylation sites is 1. The Morgan fingerprint density at radius 2 is 1.83 bits per heavy atom. The van der Waals surface area contributed by atoms with Crippen molar-refractivity contribution in [2.45, 2.75) is 45.3 Å². The third kappa shape index (κ3) is 3.45. The molecule has 1 aromatic carbocycles. The van der Waals surface area contributed by atoms with Crippen LogP contribution in [-0.4, -0.2) is 36.3 Å². The van der Waals surface area contributed by atoms with E-state index in [4.69, 9.17) is 14.0 Å². The van der Waals surface area contributed by atoms with Crippen LogP contribution < -0.4 is 10.2 Å². The molecular weight excluding hydrogens is 311 g/mol. The highest BCUT2D eigenvalue weighted by atomic mass is 19.3. The molecule has 1 aliphatic rings. The summed E-state index contributed by atoms with van der Waals surface area (Å²) in [6, 6.07) is 4.14. The molecule has 1 saturated heterocycles. The molecule has 23 heavy (non-hydrogen) atoms. The fourth-order valence-corrected chi connectivity index (χ4v) is 2.15. The quantitative estimate of drug-likeness (QED) is 0.472. The predicted octanol–water partition coefficient (Wildman–Crippen LogP) is 2.54. The lowest BCUT2D eigenvalue weighted by atomic mass is 9.78. The third-order valence-electron chi connectivity index (χ3n) is 4.08. The zero-order chi connectivity index (χ0) is 17.4. The van der Waals surface area contributed by atoms with Crippen LogP contribution in [0.5, 0.6) is 5.75 Å². The highest BCUT2D eigenvalue weighted by Crippen LogP contribution is 2.38. The van der Waals surface area contributed by atoms with E-state index in [1.807, 2.05) is 27.7 Å². The van der Waals surface area contributed by atoms with Gasteiger partial charge in [0, 0.05) is 11.5 Å². The number of nitro groups is 1. The second-order valence-corrected chi connectivity index (χ2v) is 6.24. The van der Waals surface area contributed by atoms with Gasteiger partial charge in [0.15, 0.2) is 5.75 Å². The summed E-state index contributed by atoms with van der Waals surface area (Å²) in [4.78, 5) is 10.5. The summed E-state index contributed by atoms with van der Waals surface area (Å²) in [7, 11) is -0.937. The first-order valence-electron chi connectivity index (χ1n) is 7.09. The van der Waals surface area contributed by atoms with Crippen LogP contribution in [0.15, 0.2) is 18.2 Å². The zero-order valence-electron chi connectivity index (χ0n) is 13.3. The molecule has 0 aromatic heterocycles. The lowest BCUT2D eigenvalue weighted by molar-refractivity contribution is -0.385. The molecule has 6 nitrogen and oxygen atoms in total. The van der Waals surface area contributed by atoms with E-state index >= 15 is 0 Å². The number of nitro benzene ring substituents is 1. The molecule has 1 aliphatic heterocycles. The Balaban J connectivity index is 2.42. The molecule has 0 aliphatic carbocycles. The highest BCUT2D eigenvalue weighted by molar-refractivity contribution is 6.63. The maximum absolute atomic E-state index is 12.5. The van der Waals surface area contributed by atoms with E-state index in [0.29, 0.717) is 0 Å². The summed E-state index contributed by atoms with van der Waals surface area (Å²) in [5.41, 5.74) is -1.51. The Morgan fingerprint density at radius 3 is 2.30 bits per heavy atom. The molecule has 0 unspecified atom stereocenters. The van der Waals surface area contributed by atoms with Gasteiger partial charge in [-0.1, -0.05) is 12.1 Å². The SMILES string of the molecule is CC1(C)OB(c2cccc([N+](=O)[O-])c2OCC(F)F)OC1(C)C. The van der Waals surface area contributed by atoms with Crippen molar-refractivity contribution in [1.29, 1.82) is 0 Å². The fraction of sp³-hybridized carbons (Fsp3) is 0.571. The third-order valence-corrected chi connectivity index (χ3v) is 4.08. The van der Waals surface area contributed by atoms with E-state index in [9.17, 15) is 18.9 Å². The van der Waals surface area contributed by atoms with Gasteiger partial charge in [-0.3, -0.25) is 10.1 Å². The molecule has 126 valence electrons. The van der Waals surface area contributed by atoms with Crippen molar-refractivity contribution in [2.24, 2.45) is 0 Å². The van der Waals surface area contributed by atoms with E-state index in [-0.39, 0.29) is 11.2 Å². The lowest BCUT2D eigenvalue weighted by Crippen LogP contribution is -2.41. The van der Waals surface area contributed by atoms with Gasteiger partial charge < -0.3 is 14.0 Å². The number of ether oxygens (including phenoxy) is 1. The van der Waals surface area contributed by atoms with Crippen LogP contribution in [0.2, 0.25) is 0 Å². The molecule has 1 fully saturated rings. The van der Waals surface area contributed by atoms with Crippen molar-refractivity contribution in [3.63, 3.8) is 0 Å². The molecule has 0 spiro atoms. The zero-order valence-corrected chi connectivity index (χ0v) is 13.3. The fourth-order valence-electron chi connectivity index (χ4n) is 2.15. The second-order valence-electron chi connectivity index (χ2n) is 6.24. The summed E-state index contributed by atoms with van der Waals surface area (Å²) in [5.74, 6) is -0.253. The average molecular weight is 329 g/mol. The van der Waals surface area contributed by atoms with Gasteiger partial charge in [-0.15, -0.1) is 0 Å². The smallest absolute Gasteiger partial charge is 0.481 e. The minimum absolute atomic E-state index is 0.221. The molecule has 0 saturated carbocycles. The largest absolute Gasteiger partial charge is 0.498 e. The Labute approximate surface area is 133 Å². The van der Waals surface area contributed by atoms with Gasteiger partial charge >= 0.3 is 12.8 Å². The Morgan fingerprint density at radius 1 is 1.26 bits per heavy atom. The van der Waals surface area contributed by atoms with Crippen LogP contribution >= 0.6 is 0 Å². The van der Waals surface area contributed by atoms with E-state index in [0.717, 1.165) is 0 Å². The molecule has 1 heterocycles. The molecule has 9 heteroatoms. The van der Waals surface area contributed by atoms with E-state index in [2.05, 4.69) is 0 Å². The summed E-state index contributed by atoms with van der Waals surface area (Å²) < 4.78 is 41.5. The number of nitrogens with zero attached hydrogens (tertiary/aromatic N) is 1. The first kappa shape index (κ1) is 17.6. The monoisotopic (exact) mass is 329 g/mol. The summed E-state index contributed by atoms with van der Waals surface area (Å²) in [6.45, 7) is 6.35. The molecule has 0 atom stereocenters. The van der Waals surface area contributed by atoms with Crippen LogP contribution in [0.1, 0.15) is 27.7 Å². The summed E-state index contributed by atoms with van der Waals surface area (Å²) >= 11 is 0. The van der Waals surface area contributed by atoms with Crippen molar-refractivity contribution in [2.75, 3.05) is 6.61 Å². The standard InChI is InChI=1S/C14H18BF2NO5/c1-13(2)14(3,4)23-15(22-13)9-6-5-7-10(18(19)20)12(9)21-8-11(16)17/h5-7,11H,8H2,1-4H3. The maximum atomic E-state index is 12.5. The number of halogens is 2. The first-order valence-corrected chi connectivity index (χ1v) is 7.09. The second kappa shape index (κ2) is 6.05. The van der Waals surface area contributed by atoms with Gasteiger partial charge in [0.1, 0.15) is 6.61 Å².